The van der Waals surface area contributed by atoms with Gasteiger partial charge < -0.3 is 4.90 Å². The van der Waals surface area contributed by atoms with Crippen LogP contribution in [0.3, 0.4) is 0 Å². The summed E-state index contributed by atoms with van der Waals surface area (Å²) in [6.45, 7) is 4.19. The molecule has 0 saturated carbocycles. The Kier molecular flexibility index (Phi) is 5.26. The van der Waals surface area contributed by atoms with Crippen molar-refractivity contribution in [2.24, 2.45) is 5.10 Å². The number of hydrazone groups is 1. The molecule has 3 rings (SSSR count). The van der Waals surface area contributed by atoms with Crippen LogP contribution in [0.4, 0.5) is 5.69 Å². The highest BCUT2D eigenvalue weighted by Gasteiger charge is 2.10. The molecule has 24 heavy (non-hydrogen) atoms. The number of benzene rings is 2. The van der Waals surface area contributed by atoms with Gasteiger partial charge in [-0.05, 0) is 55.5 Å². The van der Waals surface area contributed by atoms with E-state index in [4.69, 9.17) is 0 Å². The molecule has 0 radical (unpaired) electrons. The number of carbonyl (C=O) groups excluding carboxylic acids is 1. The number of rotatable bonds is 4. The van der Waals surface area contributed by atoms with Crippen molar-refractivity contribution in [3.05, 3.63) is 65.2 Å². The number of hydrogen-bond acceptors (Lipinski definition) is 3. The third kappa shape index (κ3) is 4.02. The lowest BCUT2D eigenvalue weighted by molar-refractivity contribution is 0.0954. The zero-order valence-corrected chi connectivity index (χ0v) is 14.0. The first kappa shape index (κ1) is 16.2. The maximum atomic E-state index is 12.1. The molecule has 1 saturated heterocycles. The van der Waals surface area contributed by atoms with Crippen LogP contribution in [-0.4, -0.2) is 25.2 Å². The van der Waals surface area contributed by atoms with Crippen LogP contribution in [0.5, 0.6) is 0 Å². The minimum Gasteiger partial charge on any atom is -0.372 e. The molecular weight excluding hydrogens is 298 g/mol. The van der Waals surface area contributed by atoms with E-state index in [-0.39, 0.29) is 5.91 Å². The summed E-state index contributed by atoms with van der Waals surface area (Å²) in [6, 6.07) is 15.8. The molecule has 1 aliphatic rings. The predicted octanol–water partition coefficient (Wildman–Crippen LogP) is 3.75. The quantitative estimate of drug-likeness (QED) is 0.688. The first-order valence-electron chi connectivity index (χ1n) is 8.48. The summed E-state index contributed by atoms with van der Waals surface area (Å²) in [5.74, 6) is -0.186. The lowest BCUT2D eigenvalue weighted by Crippen LogP contribution is -2.29. The number of aryl methyl sites for hydroxylation is 1. The minimum absolute atomic E-state index is 0.186. The van der Waals surface area contributed by atoms with Crippen LogP contribution >= 0.6 is 0 Å². The van der Waals surface area contributed by atoms with Crippen molar-refractivity contribution in [1.29, 1.82) is 0 Å². The van der Waals surface area contributed by atoms with Crippen LogP contribution in [0.1, 0.15) is 40.7 Å². The van der Waals surface area contributed by atoms with Crippen molar-refractivity contribution in [2.45, 2.75) is 26.2 Å². The zero-order chi connectivity index (χ0) is 16.8. The van der Waals surface area contributed by atoms with Crippen molar-refractivity contribution in [3.8, 4) is 0 Å². The molecular formula is C20H23N3O. The molecule has 2 aromatic rings. The Morgan fingerprint density at radius 1 is 1.04 bits per heavy atom. The summed E-state index contributed by atoms with van der Waals surface area (Å²) in [5.41, 5.74) is 6.41. The van der Waals surface area contributed by atoms with Crippen LogP contribution in [0.2, 0.25) is 0 Å². The second-order valence-corrected chi connectivity index (χ2v) is 6.15. The van der Waals surface area contributed by atoms with Crippen molar-refractivity contribution in [1.82, 2.24) is 5.43 Å². The van der Waals surface area contributed by atoms with Gasteiger partial charge in [0.05, 0.1) is 6.21 Å². The molecule has 2 aromatic carbocycles. The molecule has 0 spiro atoms. The second kappa shape index (κ2) is 7.77. The molecule has 0 atom stereocenters. The topological polar surface area (TPSA) is 44.7 Å². The summed E-state index contributed by atoms with van der Waals surface area (Å²) in [7, 11) is 0. The van der Waals surface area contributed by atoms with Crippen molar-refractivity contribution < 1.29 is 4.79 Å². The van der Waals surface area contributed by atoms with Gasteiger partial charge in [-0.2, -0.15) is 5.10 Å². The van der Waals surface area contributed by atoms with Crippen molar-refractivity contribution >= 4 is 17.8 Å². The minimum atomic E-state index is -0.186. The molecule has 0 bridgehead atoms. The number of nitrogens with one attached hydrogen (secondary N) is 1. The van der Waals surface area contributed by atoms with Gasteiger partial charge in [-0.25, -0.2) is 5.43 Å². The van der Waals surface area contributed by atoms with Gasteiger partial charge in [-0.3, -0.25) is 4.79 Å². The smallest absolute Gasteiger partial charge is 0.271 e. The third-order valence-electron chi connectivity index (χ3n) is 4.38. The first-order chi connectivity index (χ1) is 11.7. The Labute approximate surface area is 143 Å². The van der Waals surface area contributed by atoms with E-state index in [2.05, 4.69) is 27.6 Å². The molecule has 4 nitrogen and oxygen atoms in total. The van der Waals surface area contributed by atoms with Gasteiger partial charge in [0, 0.05) is 24.3 Å². The fourth-order valence-electron chi connectivity index (χ4n) is 2.98. The van der Waals surface area contributed by atoms with Gasteiger partial charge in [0.15, 0.2) is 0 Å². The Morgan fingerprint density at radius 3 is 2.46 bits per heavy atom. The lowest BCUT2D eigenvalue weighted by atomic mass is 10.1. The van der Waals surface area contributed by atoms with E-state index in [9.17, 15) is 4.79 Å². The molecule has 1 amide bonds. The number of hydrogen-bond donors (Lipinski definition) is 1. The Morgan fingerprint density at radius 2 is 1.75 bits per heavy atom. The largest absolute Gasteiger partial charge is 0.372 e. The third-order valence-corrected chi connectivity index (χ3v) is 4.38. The van der Waals surface area contributed by atoms with Crippen molar-refractivity contribution in [2.75, 3.05) is 18.0 Å². The van der Waals surface area contributed by atoms with Gasteiger partial charge in [-0.15, -0.1) is 0 Å². The number of amides is 1. The fraction of sp³-hybridized carbons (Fsp3) is 0.300. The van der Waals surface area contributed by atoms with E-state index in [1.54, 1.807) is 12.3 Å². The second-order valence-electron chi connectivity index (χ2n) is 6.15. The van der Waals surface area contributed by atoms with Gasteiger partial charge >= 0.3 is 0 Å². The molecule has 4 heteroatoms. The zero-order valence-electron chi connectivity index (χ0n) is 14.0. The van der Waals surface area contributed by atoms with Crippen LogP contribution < -0.4 is 10.3 Å². The van der Waals surface area contributed by atoms with Gasteiger partial charge in [-0.1, -0.05) is 30.3 Å². The average Bonchev–Trinajstić information content (AvgIpc) is 2.63. The molecule has 0 aliphatic carbocycles. The molecule has 0 unspecified atom stereocenters. The van der Waals surface area contributed by atoms with Crippen molar-refractivity contribution in [3.63, 3.8) is 0 Å². The summed E-state index contributed by atoms with van der Waals surface area (Å²) in [5, 5.41) is 4.06. The highest BCUT2D eigenvalue weighted by atomic mass is 16.2. The fourth-order valence-corrected chi connectivity index (χ4v) is 2.98. The summed E-state index contributed by atoms with van der Waals surface area (Å²) in [4.78, 5) is 14.5. The lowest BCUT2D eigenvalue weighted by Gasteiger charge is -2.28. The van der Waals surface area contributed by atoms with E-state index < -0.39 is 0 Å². The Bertz CT molecular complexity index is 716. The normalized spacial score (nSPS) is 14.8. The van der Waals surface area contributed by atoms with Crippen LogP contribution in [-0.2, 0) is 0 Å². The molecule has 1 N–H and O–H groups in total. The number of carbonyl (C=O) groups is 1. The highest BCUT2D eigenvalue weighted by Crippen LogP contribution is 2.19. The van der Waals surface area contributed by atoms with Gasteiger partial charge in [0.25, 0.3) is 5.91 Å². The molecule has 1 aliphatic heterocycles. The van der Waals surface area contributed by atoms with Crippen LogP contribution in [0, 0.1) is 6.92 Å². The number of piperidine rings is 1. The maximum Gasteiger partial charge on any atom is 0.271 e. The van der Waals surface area contributed by atoms with Crippen LogP contribution in [0.25, 0.3) is 0 Å². The van der Waals surface area contributed by atoms with E-state index >= 15 is 0 Å². The Hall–Kier alpha value is -2.62. The predicted molar refractivity (Wildman–Crippen MR) is 98.7 cm³/mol. The highest BCUT2D eigenvalue weighted by molar-refractivity contribution is 5.96. The van der Waals surface area contributed by atoms with E-state index in [0.29, 0.717) is 5.56 Å². The maximum absolute atomic E-state index is 12.1. The van der Waals surface area contributed by atoms with Gasteiger partial charge in [0.1, 0.15) is 0 Å². The first-order valence-corrected chi connectivity index (χ1v) is 8.48. The van der Waals surface area contributed by atoms with Gasteiger partial charge in [0.2, 0.25) is 0 Å². The number of anilines is 1. The standard InChI is InChI=1S/C20H23N3O/c1-16-7-3-4-8-19(16)20(24)22-21-15-17-9-11-18(12-10-17)23-13-5-2-6-14-23/h3-4,7-12,15H,2,5-6,13-14H2,1H3,(H,22,24)/b21-15-. The molecule has 0 aromatic heterocycles. The Balaban J connectivity index is 1.58. The molecule has 1 heterocycles. The monoisotopic (exact) mass is 321 g/mol. The SMILES string of the molecule is Cc1ccccc1C(=O)N/N=C\c1ccc(N2CCCCC2)cc1. The van der Waals surface area contributed by atoms with Crippen LogP contribution in [0.15, 0.2) is 53.6 Å². The summed E-state index contributed by atoms with van der Waals surface area (Å²) >= 11 is 0. The summed E-state index contributed by atoms with van der Waals surface area (Å²) in [6.07, 6.45) is 5.56. The summed E-state index contributed by atoms with van der Waals surface area (Å²) < 4.78 is 0. The van der Waals surface area contributed by atoms with E-state index in [1.165, 1.54) is 24.9 Å². The van der Waals surface area contributed by atoms with E-state index in [0.717, 1.165) is 24.2 Å². The molecule has 124 valence electrons. The number of nitrogens with zero attached hydrogens (tertiary/aromatic N) is 2. The molecule has 1 fully saturated rings. The average molecular weight is 321 g/mol. The van der Waals surface area contributed by atoms with E-state index in [1.807, 2.05) is 37.3 Å².